The second-order valence-corrected chi connectivity index (χ2v) is 7.61. The number of ether oxygens (including phenoxy) is 1. The molecule has 1 N–H and O–H groups in total. The van der Waals surface area contributed by atoms with Gasteiger partial charge in [0, 0.05) is 20.1 Å². The van der Waals surface area contributed by atoms with Crippen LogP contribution in [0.5, 0.6) is 5.75 Å². The minimum absolute atomic E-state index is 0.00588. The lowest BCUT2D eigenvalue weighted by Crippen LogP contribution is -2.36. The highest BCUT2D eigenvalue weighted by Gasteiger charge is 2.13. The largest absolute Gasteiger partial charge is 0.492 e. The van der Waals surface area contributed by atoms with Gasteiger partial charge in [0.25, 0.3) is 0 Å². The molecule has 2 aromatic rings. The first kappa shape index (κ1) is 21.4. The fourth-order valence-electron chi connectivity index (χ4n) is 3.67. The SMILES string of the molecule is CNC(=O)CN(CCc1cccc(OCCN2CCCCC2)c1)Cc1ccco1. The van der Waals surface area contributed by atoms with Gasteiger partial charge in [-0.3, -0.25) is 14.6 Å². The molecule has 1 saturated heterocycles. The van der Waals surface area contributed by atoms with Gasteiger partial charge in [-0.2, -0.15) is 0 Å². The molecule has 6 heteroatoms. The second kappa shape index (κ2) is 11.6. The zero-order valence-corrected chi connectivity index (χ0v) is 17.4. The molecular weight excluding hydrogens is 366 g/mol. The first-order chi connectivity index (χ1) is 14.2. The van der Waals surface area contributed by atoms with Gasteiger partial charge < -0.3 is 14.5 Å². The lowest BCUT2D eigenvalue weighted by atomic mass is 10.1. The van der Waals surface area contributed by atoms with E-state index in [9.17, 15) is 4.79 Å². The van der Waals surface area contributed by atoms with Crippen molar-refractivity contribution < 1.29 is 13.9 Å². The van der Waals surface area contributed by atoms with E-state index < -0.39 is 0 Å². The third-order valence-corrected chi connectivity index (χ3v) is 5.35. The van der Waals surface area contributed by atoms with Gasteiger partial charge in [0.15, 0.2) is 0 Å². The van der Waals surface area contributed by atoms with Crippen molar-refractivity contribution in [1.82, 2.24) is 15.1 Å². The standard InChI is InChI=1S/C23H33N3O3/c1-24-23(27)19-26(18-22-9-6-15-28-22)13-10-20-7-5-8-21(17-20)29-16-14-25-11-3-2-4-12-25/h5-9,15,17H,2-4,10-14,16,18-19H2,1H3,(H,24,27). The maximum Gasteiger partial charge on any atom is 0.233 e. The van der Waals surface area contributed by atoms with Crippen molar-refractivity contribution in [3.63, 3.8) is 0 Å². The summed E-state index contributed by atoms with van der Waals surface area (Å²) in [6, 6.07) is 12.1. The van der Waals surface area contributed by atoms with Crippen molar-refractivity contribution in [3.05, 3.63) is 54.0 Å². The van der Waals surface area contributed by atoms with E-state index in [-0.39, 0.29) is 5.91 Å². The molecule has 158 valence electrons. The Bertz CT molecular complexity index is 727. The van der Waals surface area contributed by atoms with E-state index in [2.05, 4.69) is 27.2 Å². The number of hydrogen-bond acceptors (Lipinski definition) is 5. The summed E-state index contributed by atoms with van der Waals surface area (Å²) in [5, 5.41) is 2.70. The van der Waals surface area contributed by atoms with Crippen molar-refractivity contribution in [1.29, 1.82) is 0 Å². The van der Waals surface area contributed by atoms with Gasteiger partial charge in [-0.1, -0.05) is 18.6 Å². The van der Waals surface area contributed by atoms with Crippen LogP contribution in [0.3, 0.4) is 0 Å². The van der Waals surface area contributed by atoms with Crippen molar-refractivity contribution in [2.24, 2.45) is 0 Å². The number of piperidine rings is 1. The Morgan fingerprint density at radius 2 is 2.07 bits per heavy atom. The number of benzene rings is 1. The van der Waals surface area contributed by atoms with Crippen LogP contribution >= 0.6 is 0 Å². The lowest BCUT2D eigenvalue weighted by Gasteiger charge is -2.26. The second-order valence-electron chi connectivity index (χ2n) is 7.61. The highest BCUT2D eigenvalue weighted by atomic mass is 16.5. The van der Waals surface area contributed by atoms with Crippen LogP contribution in [-0.2, 0) is 17.8 Å². The third kappa shape index (κ3) is 7.55. The third-order valence-electron chi connectivity index (χ3n) is 5.35. The Morgan fingerprint density at radius 1 is 1.21 bits per heavy atom. The summed E-state index contributed by atoms with van der Waals surface area (Å²) in [5.41, 5.74) is 1.21. The molecule has 0 spiro atoms. The van der Waals surface area contributed by atoms with Crippen LogP contribution in [0.1, 0.15) is 30.6 Å². The normalized spacial score (nSPS) is 14.8. The predicted octanol–water partition coefficient (Wildman–Crippen LogP) is 2.93. The number of likely N-dealkylation sites (N-methyl/N-ethyl adjacent to an activating group) is 1. The first-order valence-corrected chi connectivity index (χ1v) is 10.6. The summed E-state index contributed by atoms with van der Waals surface area (Å²) >= 11 is 0. The zero-order valence-electron chi connectivity index (χ0n) is 17.4. The number of nitrogens with zero attached hydrogens (tertiary/aromatic N) is 2. The molecule has 1 aliphatic rings. The average Bonchev–Trinajstić information content (AvgIpc) is 3.26. The van der Waals surface area contributed by atoms with E-state index in [4.69, 9.17) is 9.15 Å². The van der Waals surface area contributed by atoms with Crippen LogP contribution in [0.2, 0.25) is 0 Å². The van der Waals surface area contributed by atoms with Gasteiger partial charge in [0.2, 0.25) is 5.91 Å². The minimum atomic E-state index is 0.00588. The van der Waals surface area contributed by atoms with Gasteiger partial charge >= 0.3 is 0 Å². The van der Waals surface area contributed by atoms with E-state index in [0.29, 0.717) is 13.1 Å². The Labute approximate surface area is 173 Å². The van der Waals surface area contributed by atoms with Gasteiger partial charge in [-0.05, 0) is 62.2 Å². The quantitative estimate of drug-likeness (QED) is 0.630. The summed E-state index contributed by atoms with van der Waals surface area (Å²) in [5.74, 6) is 1.79. The molecule has 0 radical (unpaired) electrons. The molecule has 29 heavy (non-hydrogen) atoms. The number of carbonyl (C=O) groups is 1. The molecule has 1 aromatic heterocycles. The molecule has 0 bridgehead atoms. The lowest BCUT2D eigenvalue weighted by molar-refractivity contribution is -0.121. The molecule has 1 fully saturated rings. The molecule has 3 rings (SSSR count). The number of carbonyl (C=O) groups excluding carboxylic acids is 1. The number of hydrogen-bond donors (Lipinski definition) is 1. The molecule has 2 heterocycles. The Hall–Kier alpha value is -2.31. The topological polar surface area (TPSA) is 58.0 Å². The van der Waals surface area contributed by atoms with Crippen LogP contribution in [-0.4, -0.2) is 62.1 Å². The minimum Gasteiger partial charge on any atom is -0.492 e. The van der Waals surface area contributed by atoms with Gasteiger partial charge in [-0.25, -0.2) is 0 Å². The summed E-state index contributed by atoms with van der Waals surface area (Å²) in [4.78, 5) is 16.4. The highest BCUT2D eigenvalue weighted by Crippen LogP contribution is 2.15. The highest BCUT2D eigenvalue weighted by molar-refractivity contribution is 5.77. The molecular formula is C23H33N3O3. The summed E-state index contributed by atoms with van der Waals surface area (Å²) in [6.45, 7) is 5.85. The molecule has 0 saturated carbocycles. The monoisotopic (exact) mass is 399 g/mol. The van der Waals surface area contributed by atoms with Gasteiger partial charge in [0.05, 0.1) is 19.4 Å². The van der Waals surface area contributed by atoms with E-state index in [1.165, 1.54) is 37.9 Å². The summed E-state index contributed by atoms with van der Waals surface area (Å²) in [7, 11) is 1.66. The fourth-order valence-corrected chi connectivity index (χ4v) is 3.67. The molecule has 0 aliphatic carbocycles. The number of amides is 1. The number of rotatable bonds is 11. The zero-order chi connectivity index (χ0) is 20.3. The summed E-state index contributed by atoms with van der Waals surface area (Å²) < 4.78 is 11.4. The number of nitrogens with one attached hydrogen (secondary N) is 1. The van der Waals surface area contributed by atoms with Crippen molar-refractivity contribution in [2.75, 3.05) is 46.4 Å². The van der Waals surface area contributed by atoms with Crippen LogP contribution < -0.4 is 10.1 Å². The maximum atomic E-state index is 11.9. The predicted molar refractivity (Wildman–Crippen MR) is 114 cm³/mol. The molecule has 1 aromatic carbocycles. The molecule has 1 aliphatic heterocycles. The van der Waals surface area contributed by atoms with Crippen molar-refractivity contribution in [3.8, 4) is 5.75 Å². The smallest absolute Gasteiger partial charge is 0.233 e. The maximum absolute atomic E-state index is 11.9. The van der Waals surface area contributed by atoms with E-state index in [0.717, 1.165) is 37.6 Å². The van der Waals surface area contributed by atoms with Crippen molar-refractivity contribution >= 4 is 5.91 Å². The van der Waals surface area contributed by atoms with Crippen LogP contribution in [0, 0.1) is 0 Å². The number of furan rings is 1. The number of likely N-dealkylation sites (tertiary alicyclic amines) is 1. The molecule has 1 amide bonds. The van der Waals surface area contributed by atoms with Crippen LogP contribution in [0.15, 0.2) is 47.1 Å². The average molecular weight is 400 g/mol. The van der Waals surface area contributed by atoms with Gasteiger partial charge in [0.1, 0.15) is 18.1 Å². The van der Waals surface area contributed by atoms with Gasteiger partial charge in [-0.15, -0.1) is 0 Å². The van der Waals surface area contributed by atoms with Crippen LogP contribution in [0.25, 0.3) is 0 Å². The van der Waals surface area contributed by atoms with Crippen molar-refractivity contribution in [2.45, 2.75) is 32.2 Å². The van der Waals surface area contributed by atoms with E-state index in [1.54, 1.807) is 13.3 Å². The van der Waals surface area contributed by atoms with E-state index >= 15 is 0 Å². The summed E-state index contributed by atoms with van der Waals surface area (Å²) in [6.07, 6.45) is 6.48. The van der Waals surface area contributed by atoms with Crippen LogP contribution in [0.4, 0.5) is 0 Å². The van der Waals surface area contributed by atoms with E-state index in [1.807, 2.05) is 24.3 Å². The molecule has 0 atom stereocenters. The Morgan fingerprint density at radius 3 is 2.83 bits per heavy atom. The Kier molecular flexibility index (Phi) is 8.58. The molecule has 0 unspecified atom stereocenters. The first-order valence-electron chi connectivity index (χ1n) is 10.6. The molecule has 6 nitrogen and oxygen atoms in total. The Balaban J connectivity index is 1.48. The fraction of sp³-hybridized carbons (Fsp3) is 0.522.